The Kier molecular flexibility index (Phi) is 12.0. The van der Waals surface area contributed by atoms with Crippen molar-refractivity contribution in [3.05, 3.63) is 0 Å². The first-order valence-electron chi connectivity index (χ1n) is 7.67. The van der Waals surface area contributed by atoms with Gasteiger partial charge in [0.25, 0.3) is 0 Å². The van der Waals surface area contributed by atoms with E-state index in [0.717, 1.165) is 12.8 Å². The summed E-state index contributed by atoms with van der Waals surface area (Å²) in [6, 6.07) is 0. The largest absolute Gasteiger partial charge is 0.380 e. The van der Waals surface area contributed by atoms with Crippen molar-refractivity contribution in [3.63, 3.8) is 0 Å². The molecular formula is C14H31O4P. The van der Waals surface area contributed by atoms with E-state index in [1.807, 2.05) is 0 Å². The highest BCUT2D eigenvalue weighted by Gasteiger charge is 2.33. The molecule has 0 unspecified atom stereocenters. The van der Waals surface area contributed by atoms with E-state index in [1.54, 1.807) is 13.8 Å². The Balaban J connectivity index is 3.81. The fourth-order valence-electron chi connectivity index (χ4n) is 2.01. The van der Waals surface area contributed by atoms with Crippen LogP contribution < -0.4 is 0 Å². The molecule has 0 aliphatic carbocycles. The summed E-state index contributed by atoms with van der Waals surface area (Å²) in [6.45, 7) is 6.31. The third kappa shape index (κ3) is 8.80. The molecular weight excluding hydrogens is 263 g/mol. The van der Waals surface area contributed by atoms with E-state index >= 15 is 0 Å². The Morgan fingerprint density at radius 2 is 1.37 bits per heavy atom. The van der Waals surface area contributed by atoms with Gasteiger partial charge in [-0.15, -0.1) is 0 Å². The van der Waals surface area contributed by atoms with Gasteiger partial charge in [0, 0.05) is 0 Å². The van der Waals surface area contributed by atoms with Crippen molar-refractivity contribution in [3.8, 4) is 0 Å². The van der Waals surface area contributed by atoms with E-state index in [2.05, 4.69) is 6.92 Å². The Hall–Kier alpha value is 0.110. The number of unbranched alkanes of at least 4 members (excludes halogenated alkanes) is 6. The summed E-state index contributed by atoms with van der Waals surface area (Å²) in [5.74, 6) is -0.983. The lowest BCUT2D eigenvalue weighted by Gasteiger charge is -2.22. The maximum absolute atomic E-state index is 12.2. The van der Waals surface area contributed by atoms with Crippen molar-refractivity contribution >= 4 is 7.60 Å². The zero-order chi connectivity index (χ0) is 14.6. The minimum Gasteiger partial charge on any atom is -0.380 e. The average Bonchev–Trinajstić information content (AvgIpc) is 2.38. The number of hydrogen-bond donors (Lipinski definition) is 1. The van der Waals surface area contributed by atoms with Crippen LogP contribution in [0.2, 0.25) is 0 Å². The molecule has 5 heteroatoms. The van der Waals surface area contributed by atoms with Crippen LogP contribution in [0.4, 0.5) is 0 Å². The van der Waals surface area contributed by atoms with Crippen LogP contribution in [0.15, 0.2) is 0 Å². The fourth-order valence-corrected chi connectivity index (χ4v) is 3.65. The molecule has 1 atom stereocenters. The molecule has 0 aromatic rings. The topological polar surface area (TPSA) is 55.8 Å². The summed E-state index contributed by atoms with van der Waals surface area (Å²) in [5.41, 5.74) is 0. The maximum atomic E-state index is 12.2. The van der Waals surface area contributed by atoms with Gasteiger partial charge in [0.1, 0.15) is 0 Å². The Morgan fingerprint density at radius 3 is 1.84 bits per heavy atom. The Morgan fingerprint density at radius 1 is 0.895 bits per heavy atom. The van der Waals surface area contributed by atoms with Crippen LogP contribution >= 0.6 is 7.60 Å². The van der Waals surface area contributed by atoms with Crippen LogP contribution in [0.5, 0.6) is 0 Å². The standard InChI is InChI=1S/C14H31O4P/c1-4-7-8-9-10-11-12-13-14(15)19(16,17-5-2)18-6-3/h14-15H,4-13H2,1-3H3/t14-/m1/s1. The highest BCUT2D eigenvalue weighted by Crippen LogP contribution is 2.53. The molecule has 1 N–H and O–H groups in total. The lowest BCUT2D eigenvalue weighted by atomic mass is 10.1. The van der Waals surface area contributed by atoms with Crippen LogP contribution in [0.3, 0.4) is 0 Å². The molecule has 0 aliphatic heterocycles. The summed E-state index contributed by atoms with van der Waals surface area (Å²) in [5, 5.41) is 9.96. The number of aliphatic hydroxyl groups excluding tert-OH is 1. The van der Waals surface area contributed by atoms with Crippen LogP contribution in [-0.2, 0) is 13.6 Å². The number of hydrogen-bond acceptors (Lipinski definition) is 4. The molecule has 0 fully saturated rings. The summed E-state index contributed by atoms with van der Waals surface area (Å²) in [6.07, 6.45) is 8.70. The third-order valence-electron chi connectivity index (χ3n) is 3.05. The van der Waals surface area contributed by atoms with Gasteiger partial charge in [0.2, 0.25) is 0 Å². The van der Waals surface area contributed by atoms with Crippen LogP contribution in [0.25, 0.3) is 0 Å². The highest BCUT2D eigenvalue weighted by atomic mass is 31.2. The van der Waals surface area contributed by atoms with Crippen molar-refractivity contribution in [2.75, 3.05) is 13.2 Å². The molecule has 4 nitrogen and oxygen atoms in total. The molecule has 0 aromatic heterocycles. The van der Waals surface area contributed by atoms with E-state index < -0.39 is 13.4 Å². The normalized spacial score (nSPS) is 13.7. The molecule has 0 heterocycles. The molecule has 0 aliphatic rings. The minimum atomic E-state index is -3.32. The van der Waals surface area contributed by atoms with Crippen molar-refractivity contribution in [1.29, 1.82) is 0 Å². The molecule has 0 saturated carbocycles. The zero-order valence-electron chi connectivity index (χ0n) is 12.8. The third-order valence-corrected chi connectivity index (χ3v) is 5.27. The van der Waals surface area contributed by atoms with Gasteiger partial charge in [-0.05, 0) is 20.3 Å². The predicted molar refractivity (Wildman–Crippen MR) is 79.5 cm³/mol. The van der Waals surface area contributed by atoms with Crippen molar-refractivity contribution < 1.29 is 18.7 Å². The average molecular weight is 294 g/mol. The number of aliphatic hydroxyl groups is 1. The lowest BCUT2D eigenvalue weighted by molar-refractivity contribution is 0.142. The Labute approximate surface area is 118 Å². The molecule has 0 radical (unpaired) electrons. The minimum absolute atomic E-state index is 0.297. The van der Waals surface area contributed by atoms with Gasteiger partial charge in [-0.2, -0.15) is 0 Å². The fraction of sp³-hybridized carbons (Fsp3) is 1.00. The summed E-state index contributed by atoms with van der Waals surface area (Å²) in [4.78, 5) is 0. The first-order valence-corrected chi connectivity index (χ1v) is 9.28. The van der Waals surface area contributed by atoms with Crippen molar-refractivity contribution in [2.45, 2.75) is 78.0 Å². The van der Waals surface area contributed by atoms with Crippen molar-refractivity contribution in [2.24, 2.45) is 0 Å². The first kappa shape index (κ1) is 19.1. The molecule has 0 bridgehead atoms. The molecule has 0 aromatic carbocycles. The maximum Gasteiger partial charge on any atom is 0.358 e. The molecule has 0 spiro atoms. The predicted octanol–water partition coefficient (Wildman–Crippen LogP) is 4.71. The van der Waals surface area contributed by atoms with Gasteiger partial charge >= 0.3 is 7.60 Å². The van der Waals surface area contributed by atoms with Gasteiger partial charge in [0.05, 0.1) is 13.2 Å². The molecule has 0 saturated heterocycles. The molecule has 19 heavy (non-hydrogen) atoms. The first-order chi connectivity index (χ1) is 9.10. The van der Waals surface area contributed by atoms with Crippen LogP contribution in [0, 0.1) is 0 Å². The van der Waals surface area contributed by atoms with E-state index in [1.165, 1.54) is 32.1 Å². The van der Waals surface area contributed by atoms with Crippen molar-refractivity contribution in [1.82, 2.24) is 0 Å². The van der Waals surface area contributed by atoms with Crippen LogP contribution in [0.1, 0.15) is 72.1 Å². The van der Waals surface area contributed by atoms with E-state index in [4.69, 9.17) is 9.05 Å². The Bertz CT molecular complexity index is 236. The second-order valence-corrected chi connectivity index (χ2v) is 6.96. The molecule has 116 valence electrons. The summed E-state index contributed by atoms with van der Waals surface area (Å²) >= 11 is 0. The molecule has 0 rings (SSSR count). The van der Waals surface area contributed by atoms with E-state index in [-0.39, 0.29) is 0 Å². The van der Waals surface area contributed by atoms with E-state index in [9.17, 15) is 9.67 Å². The second kappa shape index (κ2) is 11.9. The second-order valence-electron chi connectivity index (χ2n) is 4.77. The van der Waals surface area contributed by atoms with Gasteiger partial charge in [-0.3, -0.25) is 4.57 Å². The molecule has 0 amide bonds. The van der Waals surface area contributed by atoms with Gasteiger partial charge < -0.3 is 14.2 Å². The SMILES string of the molecule is CCCCCCCCC[C@H](O)P(=O)(OCC)OCC. The zero-order valence-corrected chi connectivity index (χ0v) is 13.7. The summed E-state index contributed by atoms with van der Waals surface area (Å²) < 4.78 is 22.5. The lowest BCUT2D eigenvalue weighted by Crippen LogP contribution is -2.12. The monoisotopic (exact) mass is 294 g/mol. The summed E-state index contributed by atoms with van der Waals surface area (Å²) in [7, 11) is -3.32. The van der Waals surface area contributed by atoms with Gasteiger partial charge in [-0.1, -0.05) is 51.9 Å². The van der Waals surface area contributed by atoms with Gasteiger partial charge in [-0.25, -0.2) is 0 Å². The highest BCUT2D eigenvalue weighted by molar-refractivity contribution is 7.54. The quantitative estimate of drug-likeness (QED) is 0.395. The van der Waals surface area contributed by atoms with E-state index in [0.29, 0.717) is 19.6 Å². The smallest absolute Gasteiger partial charge is 0.358 e. The van der Waals surface area contributed by atoms with Gasteiger partial charge in [0.15, 0.2) is 5.85 Å². The van der Waals surface area contributed by atoms with Crippen LogP contribution in [-0.4, -0.2) is 24.2 Å². The number of rotatable bonds is 13.